The van der Waals surface area contributed by atoms with Crippen molar-refractivity contribution in [3.05, 3.63) is 35.5 Å². The quantitative estimate of drug-likeness (QED) is 0.817. The predicted octanol–water partition coefficient (Wildman–Crippen LogP) is 3.55. The van der Waals surface area contributed by atoms with Crippen LogP contribution in [0.3, 0.4) is 0 Å². The second-order valence-electron chi connectivity index (χ2n) is 4.88. The van der Waals surface area contributed by atoms with Gasteiger partial charge in [-0.2, -0.15) is 0 Å². The van der Waals surface area contributed by atoms with Crippen LogP contribution in [0.15, 0.2) is 24.4 Å². The summed E-state index contributed by atoms with van der Waals surface area (Å²) >= 11 is 0. The predicted molar refractivity (Wildman–Crippen MR) is 69.7 cm³/mol. The first-order chi connectivity index (χ1) is 7.50. The SMILES string of the molecule is Cc1cn(C(C)C)c2cc(C(C)N)ccc12. The van der Waals surface area contributed by atoms with Crippen molar-refractivity contribution in [3.63, 3.8) is 0 Å². The lowest BCUT2D eigenvalue weighted by molar-refractivity contribution is 0.621. The minimum Gasteiger partial charge on any atom is -0.345 e. The summed E-state index contributed by atoms with van der Waals surface area (Å²) < 4.78 is 2.32. The van der Waals surface area contributed by atoms with Gasteiger partial charge < -0.3 is 10.3 Å². The number of aryl methyl sites for hydroxylation is 1. The minimum absolute atomic E-state index is 0.0974. The zero-order valence-corrected chi connectivity index (χ0v) is 10.5. The van der Waals surface area contributed by atoms with E-state index in [2.05, 4.69) is 49.7 Å². The molecule has 0 radical (unpaired) electrons. The Hall–Kier alpha value is -1.28. The number of hydrogen-bond acceptors (Lipinski definition) is 1. The Kier molecular flexibility index (Phi) is 2.76. The molecule has 2 nitrogen and oxygen atoms in total. The topological polar surface area (TPSA) is 30.9 Å². The summed E-state index contributed by atoms with van der Waals surface area (Å²) in [6, 6.07) is 7.11. The second-order valence-corrected chi connectivity index (χ2v) is 4.88. The maximum absolute atomic E-state index is 5.93. The number of aromatic nitrogens is 1. The molecule has 86 valence electrons. The van der Waals surface area contributed by atoms with Gasteiger partial charge in [-0.15, -0.1) is 0 Å². The molecule has 1 heterocycles. The molecule has 0 aliphatic carbocycles. The van der Waals surface area contributed by atoms with Gasteiger partial charge in [0, 0.05) is 29.2 Å². The number of hydrogen-bond donors (Lipinski definition) is 1. The number of benzene rings is 1. The van der Waals surface area contributed by atoms with Crippen LogP contribution in [-0.4, -0.2) is 4.57 Å². The lowest BCUT2D eigenvalue weighted by atomic mass is 10.1. The van der Waals surface area contributed by atoms with Crippen LogP contribution in [0.2, 0.25) is 0 Å². The molecule has 0 amide bonds. The molecule has 0 saturated carbocycles. The van der Waals surface area contributed by atoms with E-state index in [9.17, 15) is 0 Å². The maximum Gasteiger partial charge on any atom is 0.0488 e. The fourth-order valence-electron chi connectivity index (χ4n) is 2.15. The molecule has 2 N–H and O–H groups in total. The lowest BCUT2D eigenvalue weighted by Crippen LogP contribution is -2.05. The van der Waals surface area contributed by atoms with Crippen LogP contribution < -0.4 is 5.73 Å². The highest BCUT2D eigenvalue weighted by atomic mass is 15.0. The molecule has 1 aromatic carbocycles. The zero-order valence-electron chi connectivity index (χ0n) is 10.5. The van der Waals surface area contributed by atoms with Crippen molar-refractivity contribution in [2.45, 2.75) is 39.8 Å². The van der Waals surface area contributed by atoms with Crippen molar-refractivity contribution < 1.29 is 0 Å². The normalized spacial score (nSPS) is 13.6. The molecule has 0 saturated heterocycles. The summed E-state index contributed by atoms with van der Waals surface area (Å²) in [5, 5.41) is 1.33. The molecule has 0 fully saturated rings. The molecule has 1 unspecified atom stereocenters. The van der Waals surface area contributed by atoms with Crippen LogP contribution in [0.4, 0.5) is 0 Å². The summed E-state index contributed by atoms with van der Waals surface area (Å²) in [5.74, 6) is 0. The largest absolute Gasteiger partial charge is 0.345 e. The molecule has 0 spiro atoms. The van der Waals surface area contributed by atoms with E-state index in [0.717, 1.165) is 0 Å². The van der Waals surface area contributed by atoms with Gasteiger partial charge in [0.1, 0.15) is 0 Å². The van der Waals surface area contributed by atoms with Crippen molar-refractivity contribution in [1.29, 1.82) is 0 Å². The zero-order chi connectivity index (χ0) is 11.9. The first-order valence-corrected chi connectivity index (χ1v) is 5.87. The van der Waals surface area contributed by atoms with E-state index in [-0.39, 0.29) is 6.04 Å². The standard InChI is InChI=1S/C14H20N2/c1-9(2)16-8-10(3)13-6-5-12(11(4)15)7-14(13)16/h5-9,11H,15H2,1-4H3. The summed E-state index contributed by atoms with van der Waals surface area (Å²) in [5.41, 5.74) is 9.76. The van der Waals surface area contributed by atoms with Gasteiger partial charge in [-0.1, -0.05) is 12.1 Å². The molecule has 2 aromatic rings. The highest BCUT2D eigenvalue weighted by Gasteiger charge is 2.09. The molecule has 2 heteroatoms. The minimum atomic E-state index is 0.0974. The van der Waals surface area contributed by atoms with Crippen molar-refractivity contribution in [3.8, 4) is 0 Å². The van der Waals surface area contributed by atoms with E-state index in [1.807, 2.05) is 6.92 Å². The molecule has 0 bridgehead atoms. The van der Waals surface area contributed by atoms with Crippen LogP contribution in [0.25, 0.3) is 10.9 Å². The van der Waals surface area contributed by atoms with E-state index in [1.54, 1.807) is 0 Å². The Balaban J connectivity index is 2.69. The third kappa shape index (κ3) is 1.74. The maximum atomic E-state index is 5.93. The average Bonchev–Trinajstić information content (AvgIpc) is 2.56. The van der Waals surface area contributed by atoms with Crippen molar-refractivity contribution in [1.82, 2.24) is 4.57 Å². The van der Waals surface area contributed by atoms with Gasteiger partial charge in [-0.05, 0) is 44.9 Å². The van der Waals surface area contributed by atoms with Gasteiger partial charge in [0.2, 0.25) is 0 Å². The first kappa shape index (κ1) is 11.2. The molecule has 1 aromatic heterocycles. The van der Waals surface area contributed by atoms with E-state index >= 15 is 0 Å². The number of fused-ring (bicyclic) bond motifs is 1. The third-order valence-corrected chi connectivity index (χ3v) is 3.14. The fraction of sp³-hybridized carbons (Fsp3) is 0.429. The first-order valence-electron chi connectivity index (χ1n) is 5.87. The summed E-state index contributed by atoms with van der Waals surface area (Å²) in [7, 11) is 0. The van der Waals surface area contributed by atoms with Crippen LogP contribution in [0.5, 0.6) is 0 Å². The average molecular weight is 216 g/mol. The number of nitrogens with two attached hydrogens (primary N) is 1. The van der Waals surface area contributed by atoms with Crippen LogP contribution in [0, 0.1) is 6.92 Å². The Bertz CT molecular complexity index is 507. The lowest BCUT2D eigenvalue weighted by Gasteiger charge is -2.11. The molecule has 16 heavy (non-hydrogen) atoms. The van der Waals surface area contributed by atoms with Gasteiger partial charge in [-0.25, -0.2) is 0 Å². The van der Waals surface area contributed by atoms with Crippen molar-refractivity contribution in [2.24, 2.45) is 5.73 Å². The van der Waals surface area contributed by atoms with Gasteiger partial charge in [0.15, 0.2) is 0 Å². The Morgan fingerprint density at radius 3 is 2.44 bits per heavy atom. The highest BCUT2D eigenvalue weighted by molar-refractivity contribution is 5.84. The van der Waals surface area contributed by atoms with Crippen molar-refractivity contribution >= 4 is 10.9 Å². The van der Waals surface area contributed by atoms with Crippen LogP contribution in [-0.2, 0) is 0 Å². The molecular formula is C14H20N2. The van der Waals surface area contributed by atoms with Crippen LogP contribution >= 0.6 is 0 Å². The Labute approximate surface area is 97.1 Å². The van der Waals surface area contributed by atoms with Gasteiger partial charge in [0.05, 0.1) is 0 Å². The Morgan fingerprint density at radius 1 is 1.19 bits per heavy atom. The number of nitrogens with zero attached hydrogens (tertiary/aromatic N) is 1. The van der Waals surface area contributed by atoms with Gasteiger partial charge >= 0.3 is 0 Å². The molecule has 0 aliphatic heterocycles. The van der Waals surface area contributed by atoms with E-state index in [0.29, 0.717) is 6.04 Å². The summed E-state index contributed by atoms with van der Waals surface area (Å²) in [6.07, 6.45) is 2.22. The molecule has 2 rings (SSSR count). The Morgan fingerprint density at radius 2 is 1.88 bits per heavy atom. The summed E-state index contributed by atoms with van der Waals surface area (Å²) in [4.78, 5) is 0. The van der Waals surface area contributed by atoms with Crippen LogP contribution in [0.1, 0.15) is 44.0 Å². The highest BCUT2D eigenvalue weighted by Crippen LogP contribution is 2.26. The van der Waals surface area contributed by atoms with Gasteiger partial charge in [-0.3, -0.25) is 0 Å². The number of rotatable bonds is 2. The summed E-state index contributed by atoms with van der Waals surface area (Å²) in [6.45, 7) is 8.60. The van der Waals surface area contributed by atoms with Crippen molar-refractivity contribution in [2.75, 3.05) is 0 Å². The van der Waals surface area contributed by atoms with E-state index < -0.39 is 0 Å². The molecular weight excluding hydrogens is 196 g/mol. The van der Waals surface area contributed by atoms with E-state index in [4.69, 9.17) is 5.73 Å². The monoisotopic (exact) mass is 216 g/mol. The smallest absolute Gasteiger partial charge is 0.0488 e. The van der Waals surface area contributed by atoms with E-state index in [1.165, 1.54) is 22.0 Å². The molecule has 0 aliphatic rings. The van der Waals surface area contributed by atoms with Gasteiger partial charge in [0.25, 0.3) is 0 Å². The molecule has 1 atom stereocenters. The third-order valence-electron chi connectivity index (χ3n) is 3.14. The fourth-order valence-corrected chi connectivity index (χ4v) is 2.15. The second kappa shape index (κ2) is 3.95.